The Morgan fingerprint density at radius 3 is 1.17 bits per heavy atom. The summed E-state index contributed by atoms with van der Waals surface area (Å²) in [5, 5.41) is 0. The average Bonchev–Trinajstić information content (AvgIpc) is 2.95. The van der Waals surface area contributed by atoms with E-state index in [0.717, 1.165) is 12.1 Å². The van der Waals surface area contributed by atoms with Crippen molar-refractivity contribution < 1.29 is 18.9 Å². The van der Waals surface area contributed by atoms with Gasteiger partial charge in [0.1, 0.15) is 0 Å². The molecular formula is C24H38Cl3LiSi2. The fourth-order valence-corrected chi connectivity index (χ4v) is 12.4. The summed E-state index contributed by atoms with van der Waals surface area (Å²) in [6.45, 7) is 16.3. The second-order valence-electron chi connectivity index (χ2n) is 9.41. The van der Waals surface area contributed by atoms with Crippen LogP contribution in [-0.4, -0.2) is 14.1 Å². The third kappa shape index (κ3) is 6.41. The molecule has 4 rings (SSSR count). The maximum absolute atomic E-state index is 6.80. The fourth-order valence-electron chi connectivity index (χ4n) is 4.51. The molecule has 3 aliphatic rings. The van der Waals surface area contributed by atoms with Crippen molar-refractivity contribution in [3.8, 4) is 0 Å². The average molecular weight is 496 g/mol. The van der Waals surface area contributed by atoms with Crippen molar-refractivity contribution in [1.82, 2.24) is 0 Å². The van der Waals surface area contributed by atoms with Crippen LogP contribution < -0.4 is 18.9 Å². The van der Waals surface area contributed by atoms with Crippen LogP contribution in [0.2, 0.25) is 29.7 Å². The minimum atomic E-state index is -1.51. The second kappa shape index (κ2) is 11.2. The molecule has 164 valence electrons. The van der Waals surface area contributed by atoms with Gasteiger partial charge >= 0.3 is 18.9 Å². The van der Waals surface area contributed by atoms with E-state index >= 15 is 0 Å². The van der Waals surface area contributed by atoms with Crippen molar-refractivity contribution in [2.75, 3.05) is 0 Å². The number of halogens is 3. The molecule has 1 aromatic carbocycles. The Labute approximate surface area is 213 Å². The molecule has 0 aromatic heterocycles. The molecule has 1 aromatic rings. The number of aryl methyl sites for hydroxylation is 2. The van der Waals surface area contributed by atoms with Gasteiger partial charge in [0.2, 0.25) is 0 Å². The molecular weight excluding hydrogens is 458 g/mol. The van der Waals surface area contributed by atoms with Gasteiger partial charge in [-0.3, -0.25) is 0 Å². The van der Waals surface area contributed by atoms with Crippen molar-refractivity contribution in [1.29, 1.82) is 0 Å². The molecule has 0 spiro atoms. The summed E-state index contributed by atoms with van der Waals surface area (Å²) in [5.41, 5.74) is 12.6. The van der Waals surface area contributed by atoms with E-state index in [2.05, 4.69) is 61.5 Å². The van der Waals surface area contributed by atoms with Crippen LogP contribution in [0.25, 0.3) is 0 Å². The summed E-state index contributed by atoms with van der Waals surface area (Å²) in [6.07, 6.45) is 2.63. The van der Waals surface area contributed by atoms with Gasteiger partial charge in [-0.2, -0.15) is 39.4 Å². The van der Waals surface area contributed by atoms with Crippen molar-refractivity contribution in [2.24, 2.45) is 0 Å². The van der Waals surface area contributed by atoms with Crippen LogP contribution in [0, 0.1) is 27.7 Å². The summed E-state index contributed by atoms with van der Waals surface area (Å²) in [5.74, 6) is 0. The molecule has 0 radical (unpaired) electrons. The molecule has 0 amide bonds. The Balaban J connectivity index is 0.000000242. The van der Waals surface area contributed by atoms with Crippen molar-refractivity contribution in [3.63, 3.8) is 0 Å². The molecule has 2 heterocycles. The maximum Gasteiger partial charge on any atom is 1.00 e. The van der Waals surface area contributed by atoms with Crippen LogP contribution in [-0.2, 0) is 0 Å². The van der Waals surface area contributed by atoms with Gasteiger partial charge < -0.3 is 0 Å². The van der Waals surface area contributed by atoms with Gasteiger partial charge in [0, 0.05) is 5.54 Å². The molecule has 2 aliphatic heterocycles. The minimum Gasteiger partial charge on any atom is -0.196 e. The Morgan fingerprint density at radius 2 is 1.00 bits per heavy atom. The largest absolute Gasteiger partial charge is 1.00 e. The van der Waals surface area contributed by atoms with E-state index in [0.29, 0.717) is 5.54 Å². The first-order chi connectivity index (χ1) is 13.3. The van der Waals surface area contributed by atoms with Gasteiger partial charge in [0.25, 0.3) is 6.69 Å². The molecule has 2 fully saturated rings. The Morgan fingerprint density at radius 1 is 0.667 bits per heavy atom. The second-order valence-corrected chi connectivity index (χ2v) is 22.9. The molecule has 6 heteroatoms. The molecule has 0 unspecified atom stereocenters. The Kier molecular flexibility index (Phi) is 10.8. The van der Waals surface area contributed by atoms with Gasteiger partial charge in [0.15, 0.2) is 7.38 Å². The van der Waals surface area contributed by atoms with Crippen molar-refractivity contribution in [3.05, 3.63) is 50.6 Å². The van der Waals surface area contributed by atoms with Crippen molar-refractivity contribution in [2.45, 2.75) is 97.9 Å². The third-order valence-corrected chi connectivity index (χ3v) is 18.1. The van der Waals surface area contributed by atoms with E-state index in [-0.39, 0.29) is 18.9 Å². The normalized spacial score (nSPS) is 21.6. The van der Waals surface area contributed by atoms with Gasteiger partial charge in [-0.1, -0.05) is 51.7 Å². The number of hydrogen-bond donors (Lipinski definition) is 0. The van der Waals surface area contributed by atoms with Gasteiger partial charge in [-0.25, -0.2) is 0 Å². The summed E-state index contributed by atoms with van der Waals surface area (Å²) in [4.78, 5) is 0. The fraction of sp³-hybridized carbons (Fsp3) is 0.625. The molecule has 0 bridgehead atoms. The predicted molar refractivity (Wildman–Crippen MR) is 139 cm³/mol. The van der Waals surface area contributed by atoms with Crippen LogP contribution in [0.15, 0.2) is 28.4 Å². The number of rotatable bonds is 1. The van der Waals surface area contributed by atoms with E-state index in [4.69, 9.17) is 33.2 Å². The standard InChI is InChI=1S/C12H19ClSi.C9H13.C3H6Cl2Si.Li/c1-8-9(2)11(4)12(10(8)3)14(13)6-5-7-14;1-6-5-7(2)9(4)8(6)3;4-6(5)2-1-3-6;/h12H,5-7H2,1-4H3;5H,1-4H3;1-3H2;/q;-1;;+1. The zero-order valence-corrected chi connectivity index (χ0v) is 24.8. The molecule has 0 nitrogen and oxygen atoms in total. The van der Waals surface area contributed by atoms with Crippen LogP contribution in [0.4, 0.5) is 0 Å². The minimum absolute atomic E-state index is 0. The monoisotopic (exact) mass is 494 g/mol. The van der Waals surface area contributed by atoms with E-state index in [1.807, 2.05) is 0 Å². The van der Waals surface area contributed by atoms with Crippen LogP contribution in [0.3, 0.4) is 0 Å². The topological polar surface area (TPSA) is 0 Å². The van der Waals surface area contributed by atoms with Crippen LogP contribution in [0.1, 0.15) is 62.8 Å². The molecule has 2 saturated heterocycles. The van der Waals surface area contributed by atoms with E-state index in [1.54, 1.807) is 11.1 Å². The Hall–Kier alpha value is 0.731. The molecule has 0 saturated carbocycles. The van der Waals surface area contributed by atoms with Crippen LogP contribution >= 0.6 is 33.2 Å². The number of allylic oxidation sites excluding steroid dienone is 4. The molecule has 1 aliphatic carbocycles. The third-order valence-electron chi connectivity index (χ3n) is 7.58. The SMILES string of the molecule is CC1=C(C)C([Si]2(Cl)CCC2)C(C)=C1C.Cc1[cH-]c(C)c(C)c1C.Cl[Si]1(Cl)CCC1.[Li+]. The predicted octanol–water partition coefficient (Wildman–Crippen LogP) is 6.58. The first kappa shape index (κ1) is 28.8. The Bertz CT molecular complexity index is 764. The van der Waals surface area contributed by atoms with E-state index < -0.39 is 14.1 Å². The van der Waals surface area contributed by atoms with Gasteiger partial charge in [-0.05, 0) is 63.0 Å². The summed E-state index contributed by atoms with van der Waals surface area (Å²) < 4.78 is 0. The van der Waals surface area contributed by atoms with Crippen LogP contribution in [0.5, 0.6) is 0 Å². The quantitative estimate of drug-likeness (QED) is 0.234. The first-order valence-electron chi connectivity index (χ1n) is 10.9. The first-order valence-corrected chi connectivity index (χ1v) is 18.9. The zero-order valence-electron chi connectivity index (χ0n) is 20.5. The van der Waals surface area contributed by atoms with Gasteiger partial charge in [0.05, 0.1) is 0 Å². The van der Waals surface area contributed by atoms with Gasteiger partial charge in [-0.15, -0.1) is 22.2 Å². The summed E-state index contributed by atoms with van der Waals surface area (Å²) in [6, 6.07) is 7.14. The van der Waals surface area contributed by atoms with Crippen molar-refractivity contribution >= 4 is 47.3 Å². The number of hydrogen-bond acceptors (Lipinski definition) is 0. The molecule has 0 atom stereocenters. The van der Waals surface area contributed by atoms with E-state index in [9.17, 15) is 0 Å². The summed E-state index contributed by atoms with van der Waals surface area (Å²) >= 11 is 18.2. The smallest absolute Gasteiger partial charge is 0.196 e. The van der Waals surface area contributed by atoms with E-state index in [1.165, 1.54) is 58.3 Å². The maximum atomic E-state index is 6.80. The zero-order chi connectivity index (χ0) is 22.1. The molecule has 30 heavy (non-hydrogen) atoms. The summed E-state index contributed by atoms with van der Waals surface area (Å²) in [7, 11) is -1.42. The molecule has 0 N–H and O–H groups in total.